The molecule has 1 aromatic heterocycles. The molecule has 1 N–H and O–H groups in total. The molecule has 0 saturated carbocycles. The van der Waals surface area contributed by atoms with Crippen molar-refractivity contribution in [1.29, 1.82) is 0 Å². The average molecular weight is 176 g/mol. The average Bonchev–Trinajstić information content (AvgIpc) is 2.35. The first kappa shape index (κ1) is 9.12. The van der Waals surface area contributed by atoms with Gasteiger partial charge in [-0.25, -0.2) is 8.78 Å². The summed E-state index contributed by atoms with van der Waals surface area (Å²) < 4.78 is 28.0. The normalized spacial score (nSPS) is 11.0. The first-order valence-corrected chi connectivity index (χ1v) is 3.59. The summed E-state index contributed by atoms with van der Waals surface area (Å²) in [6.45, 7) is 1.76. The molecule has 0 bridgehead atoms. The fraction of sp³-hybridized carbons (Fsp3) is 0.571. The van der Waals surface area contributed by atoms with Crippen LogP contribution in [-0.4, -0.2) is 18.1 Å². The number of nitrogens with zero attached hydrogens (tertiary/aromatic N) is 1. The van der Waals surface area contributed by atoms with Crippen LogP contribution in [0, 0.1) is 6.92 Å². The van der Waals surface area contributed by atoms with Crippen molar-refractivity contribution in [3.63, 3.8) is 0 Å². The molecule has 3 nitrogen and oxygen atoms in total. The van der Waals surface area contributed by atoms with Crippen molar-refractivity contribution in [2.75, 3.05) is 6.54 Å². The van der Waals surface area contributed by atoms with Crippen molar-refractivity contribution < 1.29 is 13.3 Å². The Balaban J connectivity index is 2.24. The van der Waals surface area contributed by atoms with Crippen molar-refractivity contribution in [2.24, 2.45) is 0 Å². The summed E-state index contributed by atoms with van der Waals surface area (Å²) in [4.78, 5) is 0. The lowest BCUT2D eigenvalue weighted by atomic mass is 10.4. The Labute approximate surface area is 68.7 Å². The lowest BCUT2D eigenvalue weighted by Crippen LogP contribution is -2.20. The lowest BCUT2D eigenvalue weighted by Gasteiger charge is -1.98. The third kappa shape index (κ3) is 2.96. The van der Waals surface area contributed by atoms with E-state index in [9.17, 15) is 8.78 Å². The highest BCUT2D eigenvalue weighted by Gasteiger charge is 2.03. The van der Waals surface area contributed by atoms with E-state index >= 15 is 0 Å². The van der Waals surface area contributed by atoms with E-state index in [1.807, 2.05) is 0 Å². The zero-order valence-corrected chi connectivity index (χ0v) is 6.68. The van der Waals surface area contributed by atoms with Gasteiger partial charge in [-0.3, -0.25) is 0 Å². The second kappa shape index (κ2) is 4.15. The largest absolute Gasteiger partial charge is 0.361 e. The number of alkyl halides is 2. The molecule has 1 aromatic rings. The van der Waals surface area contributed by atoms with Crippen molar-refractivity contribution in [2.45, 2.75) is 19.9 Å². The molecule has 0 aliphatic carbocycles. The number of nitrogens with one attached hydrogen (secondary N) is 1. The molecule has 0 aliphatic heterocycles. The number of rotatable bonds is 4. The number of halogens is 2. The summed E-state index contributed by atoms with van der Waals surface area (Å²) in [5.41, 5.74) is 0.646. The van der Waals surface area contributed by atoms with Gasteiger partial charge in [0.15, 0.2) is 0 Å². The van der Waals surface area contributed by atoms with Crippen LogP contribution in [0.5, 0.6) is 0 Å². The van der Waals surface area contributed by atoms with E-state index in [0.29, 0.717) is 18.0 Å². The predicted octanol–water partition coefficient (Wildman–Crippen LogP) is 1.34. The lowest BCUT2D eigenvalue weighted by molar-refractivity contribution is 0.145. The third-order valence-corrected chi connectivity index (χ3v) is 1.28. The maximum Gasteiger partial charge on any atom is 0.250 e. The molecule has 0 spiro atoms. The van der Waals surface area contributed by atoms with Crippen molar-refractivity contribution in [3.05, 3.63) is 17.5 Å². The summed E-state index contributed by atoms with van der Waals surface area (Å²) in [7, 11) is 0. The molecule has 1 rings (SSSR count). The van der Waals surface area contributed by atoms with E-state index in [4.69, 9.17) is 4.52 Å². The second-order valence-electron chi connectivity index (χ2n) is 2.45. The van der Waals surface area contributed by atoms with Crippen LogP contribution < -0.4 is 5.32 Å². The molecule has 0 radical (unpaired) electrons. The molecule has 0 atom stereocenters. The molecule has 0 aromatic carbocycles. The van der Waals surface area contributed by atoms with E-state index in [1.54, 1.807) is 13.0 Å². The highest BCUT2D eigenvalue weighted by Crippen LogP contribution is 2.00. The molecule has 0 unspecified atom stereocenters. The molecule has 12 heavy (non-hydrogen) atoms. The Morgan fingerprint density at radius 1 is 1.67 bits per heavy atom. The molecular weight excluding hydrogens is 166 g/mol. The maximum atomic E-state index is 11.6. The van der Waals surface area contributed by atoms with Crippen LogP contribution in [0.2, 0.25) is 0 Å². The van der Waals surface area contributed by atoms with Gasteiger partial charge in [0.05, 0.1) is 12.2 Å². The van der Waals surface area contributed by atoms with Gasteiger partial charge in [0.25, 0.3) is 6.43 Å². The van der Waals surface area contributed by atoms with E-state index in [2.05, 4.69) is 10.5 Å². The molecule has 0 aliphatic rings. The van der Waals surface area contributed by atoms with Crippen LogP contribution in [0.4, 0.5) is 8.78 Å². The van der Waals surface area contributed by atoms with Crippen LogP contribution in [0.1, 0.15) is 11.5 Å². The smallest absolute Gasteiger partial charge is 0.250 e. The Bertz CT molecular complexity index is 237. The third-order valence-electron chi connectivity index (χ3n) is 1.28. The minimum absolute atomic E-state index is 0.314. The van der Waals surface area contributed by atoms with Gasteiger partial charge in [-0.2, -0.15) is 0 Å². The van der Waals surface area contributed by atoms with E-state index in [0.717, 1.165) is 0 Å². The fourth-order valence-electron chi connectivity index (χ4n) is 0.811. The number of aryl methyl sites for hydroxylation is 1. The minimum atomic E-state index is -2.32. The summed E-state index contributed by atoms with van der Waals surface area (Å²) >= 11 is 0. The van der Waals surface area contributed by atoms with Gasteiger partial charge >= 0.3 is 0 Å². The topological polar surface area (TPSA) is 38.1 Å². The van der Waals surface area contributed by atoms with E-state index in [1.165, 1.54) is 0 Å². The zero-order chi connectivity index (χ0) is 8.97. The van der Waals surface area contributed by atoms with Crippen molar-refractivity contribution in [1.82, 2.24) is 10.5 Å². The van der Waals surface area contributed by atoms with E-state index in [-0.39, 0.29) is 6.54 Å². The van der Waals surface area contributed by atoms with Crippen LogP contribution >= 0.6 is 0 Å². The molecule has 1 heterocycles. The zero-order valence-electron chi connectivity index (χ0n) is 6.68. The molecule has 0 saturated heterocycles. The summed E-state index contributed by atoms with van der Waals surface area (Å²) in [6.07, 6.45) is -2.32. The van der Waals surface area contributed by atoms with Crippen molar-refractivity contribution in [3.8, 4) is 0 Å². The second-order valence-corrected chi connectivity index (χ2v) is 2.45. The summed E-state index contributed by atoms with van der Waals surface area (Å²) in [5.74, 6) is 0.684. The van der Waals surface area contributed by atoms with Crippen LogP contribution in [0.3, 0.4) is 0 Å². The van der Waals surface area contributed by atoms with Crippen LogP contribution in [0.25, 0.3) is 0 Å². The Hall–Kier alpha value is -0.970. The maximum absolute atomic E-state index is 11.6. The summed E-state index contributed by atoms with van der Waals surface area (Å²) in [6, 6.07) is 1.71. The number of hydrogen-bond acceptors (Lipinski definition) is 3. The van der Waals surface area contributed by atoms with Gasteiger partial charge < -0.3 is 9.84 Å². The highest BCUT2D eigenvalue weighted by molar-refractivity contribution is 5.02. The van der Waals surface area contributed by atoms with Gasteiger partial charge in [-0.05, 0) is 6.92 Å². The van der Waals surface area contributed by atoms with Gasteiger partial charge in [0.1, 0.15) is 5.76 Å². The Morgan fingerprint density at radius 3 is 2.92 bits per heavy atom. The highest BCUT2D eigenvalue weighted by atomic mass is 19.3. The monoisotopic (exact) mass is 176 g/mol. The van der Waals surface area contributed by atoms with Gasteiger partial charge in [0, 0.05) is 12.6 Å². The predicted molar refractivity (Wildman–Crippen MR) is 39.0 cm³/mol. The van der Waals surface area contributed by atoms with Gasteiger partial charge in [0.2, 0.25) is 0 Å². The number of aromatic nitrogens is 1. The Morgan fingerprint density at radius 2 is 2.42 bits per heavy atom. The SMILES string of the molecule is Cc1cc(CNCC(F)F)no1. The van der Waals surface area contributed by atoms with Gasteiger partial charge in [-0.1, -0.05) is 5.16 Å². The Kier molecular flexibility index (Phi) is 3.16. The molecule has 0 amide bonds. The van der Waals surface area contributed by atoms with Crippen molar-refractivity contribution >= 4 is 0 Å². The number of hydrogen-bond donors (Lipinski definition) is 1. The molecule has 0 fully saturated rings. The standard InChI is InChI=1S/C7H10F2N2O/c1-5-2-6(11-12-5)3-10-4-7(8)9/h2,7,10H,3-4H2,1H3. The molecular formula is C7H10F2N2O. The van der Waals surface area contributed by atoms with Crippen LogP contribution in [-0.2, 0) is 6.54 Å². The van der Waals surface area contributed by atoms with Gasteiger partial charge in [-0.15, -0.1) is 0 Å². The molecule has 68 valence electrons. The van der Waals surface area contributed by atoms with E-state index < -0.39 is 6.43 Å². The quantitative estimate of drug-likeness (QED) is 0.752. The molecule has 5 heteroatoms. The summed E-state index contributed by atoms with van der Waals surface area (Å²) in [5, 5.41) is 6.17. The minimum Gasteiger partial charge on any atom is -0.361 e. The first-order valence-electron chi connectivity index (χ1n) is 3.59. The van der Waals surface area contributed by atoms with Crippen LogP contribution in [0.15, 0.2) is 10.6 Å². The fourth-order valence-corrected chi connectivity index (χ4v) is 0.811. The first-order chi connectivity index (χ1) is 5.68.